The molecule has 1 atom stereocenters. The molecule has 7 heteroatoms. The van der Waals surface area contributed by atoms with Crippen molar-refractivity contribution < 1.29 is 19.0 Å². The van der Waals surface area contributed by atoms with E-state index in [0.717, 1.165) is 17.7 Å². The molecule has 0 aromatic carbocycles. The first kappa shape index (κ1) is 19.5. The molecular weight excluding hydrogens is 325 g/mol. The van der Waals surface area contributed by atoms with E-state index in [4.69, 9.17) is 10.1 Å². The molecule has 0 aromatic rings. The molecule has 2 fully saturated rings. The van der Waals surface area contributed by atoms with Crippen LogP contribution in [0.1, 0.15) is 39.5 Å². The van der Waals surface area contributed by atoms with Crippen molar-refractivity contribution in [2.45, 2.75) is 57.3 Å². The number of likely N-dealkylation sites (tertiary alicyclic amines) is 1. The minimum absolute atomic E-state index is 0.153. The number of halogens is 1. The van der Waals surface area contributed by atoms with Gasteiger partial charge in [0.25, 0.3) is 5.91 Å². The van der Waals surface area contributed by atoms with E-state index >= 15 is 0 Å². The molecule has 0 spiro atoms. The minimum atomic E-state index is -1.50. The Labute approximate surface area is 147 Å². The van der Waals surface area contributed by atoms with E-state index in [1.807, 2.05) is 13.8 Å². The van der Waals surface area contributed by atoms with Crippen molar-refractivity contribution in [2.24, 2.45) is 4.99 Å². The highest BCUT2D eigenvalue weighted by molar-refractivity contribution is 6.00. The van der Waals surface area contributed by atoms with Crippen LogP contribution in [0.25, 0.3) is 0 Å². The topological polar surface area (TPSA) is 75.0 Å². The summed E-state index contributed by atoms with van der Waals surface area (Å²) in [5.74, 6) is -0.409. The third-order valence-corrected chi connectivity index (χ3v) is 4.97. The van der Waals surface area contributed by atoms with Gasteiger partial charge in [0.2, 0.25) is 0 Å². The second-order valence-corrected chi connectivity index (χ2v) is 6.83. The fraction of sp³-hybridized carbons (Fsp3) is 0.611. The zero-order valence-electron chi connectivity index (χ0n) is 14.9. The quantitative estimate of drug-likeness (QED) is 0.683. The summed E-state index contributed by atoms with van der Waals surface area (Å²) < 4.78 is 18.9. The molecule has 1 saturated carbocycles. The predicted octanol–water partition coefficient (Wildman–Crippen LogP) is 3.00. The number of nitrogens with zero attached hydrogens (tertiary/aromatic N) is 2. The molecule has 1 saturated heterocycles. The summed E-state index contributed by atoms with van der Waals surface area (Å²) in [5.41, 5.74) is 0.518. The fourth-order valence-electron chi connectivity index (χ4n) is 3.34. The third kappa shape index (κ3) is 3.88. The zero-order chi connectivity index (χ0) is 18.6. The lowest BCUT2D eigenvalue weighted by Gasteiger charge is -2.44. The Hall–Kier alpha value is -1.86. The fourth-order valence-corrected chi connectivity index (χ4v) is 3.34. The summed E-state index contributed by atoms with van der Waals surface area (Å²) in [7, 11) is 0. The van der Waals surface area contributed by atoms with Crippen LogP contribution in [0.4, 0.5) is 4.53 Å². The van der Waals surface area contributed by atoms with Crippen molar-refractivity contribution >= 4 is 18.3 Å². The minimum Gasteiger partial charge on any atom is -0.372 e. The van der Waals surface area contributed by atoms with Gasteiger partial charge in [-0.1, -0.05) is 12.2 Å². The van der Waals surface area contributed by atoms with Crippen LogP contribution < -0.4 is 0 Å². The highest BCUT2D eigenvalue weighted by Gasteiger charge is 2.56. The summed E-state index contributed by atoms with van der Waals surface area (Å²) >= 11 is 0. The molecule has 0 aromatic heterocycles. The summed E-state index contributed by atoms with van der Waals surface area (Å²) in [4.78, 5) is 22.3. The number of hydrogen-bond donors (Lipinski definition) is 1. The van der Waals surface area contributed by atoms with Crippen molar-refractivity contribution in [3.63, 3.8) is 0 Å². The van der Waals surface area contributed by atoms with E-state index in [9.17, 15) is 9.32 Å². The number of allylic oxidation sites excluding steroid dienone is 1. The molecular formula is C18H26FN3O3. The average Bonchev–Trinajstić information content (AvgIpc) is 3.05. The standard InChI is InChI=1S/C18H26FN3O3/c1-5-14(20)16-7-6-8-22(16)17(23)18(25-19)9-13(10-18)24-11-15(21-4)12(2)3/h5,13,16,20H,1,4,6-11H2,2-3H3. The normalized spacial score (nSPS) is 28.2. The van der Waals surface area contributed by atoms with E-state index in [0.29, 0.717) is 13.0 Å². The maximum absolute atomic E-state index is 13.3. The lowest BCUT2D eigenvalue weighted by atomic mass is 9.76. The first-order valence-corrected chi connectivity index (χ1v) is 8.45. The first-order valence-electron chi connectivity index (χ1n) is 8.45. The van der Waals surface area contributed by atoms with Crippen molar-refractivity contribution in [3.05, 3.63) is 23.9 Å². The smallest absolute Gasteiger partial charge is 0.259 e. The largest absolute Gasteiger partial charge is 0.372 e. The van der Waals surface area contributed by atoms with Crippen LogP contribution >= 0.6 is 0 Å². The molecule has 1 N–H and O–H groups in total. The summed E-state index contributed by atoms with van der Waals surface area (Å²) in [6.45, 7) is 11.7. The van der Waals surface area contributed by atoms with Gasteiger partial charge < -0.3 is 15.0 Å². The summed E-state index contributed by atoms with van der Waals surface area (Å²) in [5, 5.41) is 7.92. The lowest BCUT2D eigenvalue weighted by molar-refractivity contribution is -0.282. The number of aliphatic imine (C=N–C) groups is 1. The Morgan fingerprint density at radius 2 is 2.16 bits per heavy atom. The zero-order valence-corrected chi connectivity index (χ0v) is 14.9. The number of ether oxygens (including phenoxy) is 1. The number of rotatable bonds is 8. The van der Waals surface area contributed by atoms with Gasteiger partial charge in [-0.2, -0.15) is 4.94 Å². The van der Waals surface area contributed by atoms with E-state index in [1.165, 1.54) is 11.0 Å². The molecule has 1 amide bonds. The Kier molecular flexibility index (Phi) is 6.24. The van der Waals surface area contributed by atoms with Gasteiger partial charge in [-0.25, -0.2) is 0 Å². The van der Waals surface area contributed by atoms with Crippen LogP contribution in [0, 0.1) is 5.41 Å². The van der Waals surface area contributed by atoms with Gasteiger partial charge in [-0.3, -0.25) is 9.79 Å². The van der Waals surface area contributed by atoms with Crippen molar-refractivity contribution in [2.75, 3.05) is 13.2 Å². The van der Waals surface area contributed by atoms with Gasteiger partial charge in [-0.05, 0) is 44.0 Å². The third-order valence-electron chi connectivity index (χ3n) is 4.97. The van der Waals surface area contributed by atoms with Gasteiger partial charge in [0.1, 0.15) is 0 Å². The molecule has 0 bridgehead atoms. The van der Waals surface area contributed by atoms with Gasteiger partial charge in [0.05, 0.1) is 30.2 Å². The van der Waals surface area contributed by atoms with Gasteiger partial charge >= 0.3 is 0 Å². The van der Waals surface area contributed by atoms with Gasteiger partial charge in [0, 0.05) is 19.4 Å². The molecule has 2 rings (SSSR count). The number of amides is 1. The Morgan fingerprint density at radius 3 is 2.68 bits per heavy atom. The highest BCUT2D eigenvalue weighted by Crippen LogP contribution is 2.41. The van der Waals surface area contributed by atoms with E-state index in [2.05, 4.69) is 23.2 Å². The van der Waals surface area contributed by atoms with Crippen LogP contribution in [0.15, 0.2) is 28.9 Å². The van der Waals surface area contributed by atoms with Crippen LogP contribution in [0.3, 0.4) is 0 Å². The van der Waals surface area contributed by atoms with Crippen LogP contribution in [0.5, 0.6) is 0 Å². The van der Waals surface area contributed by atoms with Crippen molar-refractivity contribution in [1.82, 2.24) is 4.90 Å². The molecule has 1 aliphatic carbocycles. The van der Waals surface area contributed by atoms with Gasteiger partial charge in [-0.15, -0.1) is 0 Å². The summed E-state index contributed by atoms with van der Waals surface area (Å²) in [6, 6.07) is -0.348. The molecule has 1 heterocycles. The van der Waals surface area contributed by atoms with E-state index in [-0.39, 0.29) is 37.3 Å². The monoisotopic (exact) mass is 351 g/mol. The molecule has 1 aliphatic heterocycles. The van der Waals surface area contributed by atoms with E-state index < -0.39 is 11.5 Å². The highest BCUT2D eigenvalue weighted by atomic mass is 19.3. The molecule has 25 heavy (non-hydrogen) atoms. The molecule has 1 unspecified atom stereocenters. The molecule has 6 nitrogen and oxygen atoms in total. The SMILES string of the molecule is C=CC(=N)C1CCCN1C(=O)C1(OF)CC(OCC(N=C)=C(C)C)C1. The van der Waals surface area contributed by atoms with E-state index in [1.54, 1.807) is 0 Å². The van der Waals surface area contributed by atoms with Crippen molar-refractivity contribution in [3.8, 4) is 0 Å². The predicted molar refractivity (Wildman–Crippen MR) is 94.5 cm³/mol. The van der Waals surface area contributed by atoms with Crippen LogP contribution in [-0.4, -0.2) is 54.1 Å². The maximum Gasteiger partial charge on any atom is 0.259 e. The first-order chi connectivity index (χ1) is 11.9. The maximum atomic E-state index is 13.3. The van der Waals surface area contributed by atoms with Crippen molar-refractivity contribution in [1.29, 1.82) is 5.41 Å². The Balaban J connectivity index is 1.98. The number of carbonyl (C=O) groups excluding carboxylic acids is 1. The summed E-state index contributed by atoms with van der Waals surface area (Å²) in [6.07, 6.45) is 2.93. The van der Waals surface area contributed by atoms with Crippen LogP contribution in [-0.2, 0) is 14.5 Å². The second-order valence-electron chi connectivity index (χ2n) is 6.83. The number of hydrogen-bond acceptors (Lipinski definition) is 5. The Bertz CT molecular complexity index is 592. The molecule has 0 radical (unpaired) electrons. The van der Waals surface area contributed by atoms with Crippen LogP contribution in [0.2, 0.25) is 0 Å². The average molecular weight is 351 g/mol. The lowest BCUT2D eigenvalue weighted by Crippen LogP contribution is -2.61. The second kappa shape index (κ2) is 8.01. The van der Waals surface area contributed by atoms with Gasteiger partial charge in [0.15, 0.2) is 5.60 Å². The Morgan fingerprint density at radius 1 is 1.48 bits per heavy atom. The number of nitrogens with one attached hydrogen (secondary N) is 1. The molecule has 2 aliphatic rings. The number of carbonyl (C=O) groups is 1. The molecule has 138 valence electrons.